The first-order chi connectivity index (χ1) is 13.9. The van der Waals surface area contributed by atoms with Crippen LogP contribution in [0, 0.1) is 12.7 Å². The Balaban J connectivity index is 0.00000320. The molecule has 0 saturated heterocycles. The summed E-state index contributed by atoms with van der Waals surface area (Å²) in [6, 6.07) is 12.9. The summed E-state index contributed by atoms with van der Waals surface area (Å²) in [5, 5.41) is 0.648. The predicted octanol–water partition coefficient (Wildman–Crippen LogP) is 5.63. The molecule has 0 atom stereocenters. The molecule has 2 aromatic carbocycles. The Bertz CT molecular complexity index is 963. The number of thiazole rings is 1. The highest BCUT2D eigenvalue weighted by molar-refractivity contribution is 7.99. The first-order valence-corrected chi connectivity index (χ1v) is 11.4. The molecule has 3 rings (SSSR count). The lowest BCUT2D eigenvalue weighted by atomic mass is 10.2. The zero-order valence-electron chi connectivity index (χ0n) is 17.4. The van der Waals surface area contributed by atoms with E-state index >= 15 is 0 Å². The molecule has 3 aromatic rings. The van der Waals surface area contributed by atoms with Gasteiger partial charge in [0.2, 0.25) is 5.91 Å². The SMILES string of the molecule is Cc1ccc(SCCC(=O)N(CCCN(C)C)c2nc3ccc(F)cc3s2)cc1.Cl. The van der Waals surface area contributed by atoms with E-state index in [4.69, 9.17) is 0 Å². The fraction of sp³-hybridized carbons (Fsp3) is 0.364. The zero-order chi connectivity index (χ0) is 20.8. The average molecular weight is 468 g/mol. The van der Waals surface area contributed by atoms with E-state index < -0.39 is 0 Å². The number of aromatic nitrogens is 1. The van der Waals surface area contributed by atoms with Gasteiger partial charge in [0, 0.05) is 23.6 Å². The van der Waals surface area contributed by atoms with Gasteiger partial charge >= 0.3 is 0 Å². The summed E-state index contributed by atoms with van der Waals surface area (Å²) < 4.78 is 14.3. The van der Waals surface area contributed by atoms with Crippen LogP contribution in [0.3, 0.4) is 0 Å². The topological polar surface area (TPSA) is 36.4 Å². The first kappa shape index (κ1) is 24.6. The Morgan fingerprint density at radius 1 is 1.13 bits per heavy atom. The van der Waals surface area contributed by atoms with Crippen molar-refractivity contribution in [2.75, 3.05) is 37.8 Å². The monoisotopic (exact) mass is 467 g/mol. The molecule has 0 aliphatic heterocycles. The zero-order valence-corrected chi connectivity index (χ0v) is 19.9. The van der Waals surface area contributed by atoms with Crippen molar-refractivity contribution in [3.8, 4) is 0 Å². The van der Waals surface area contributed by atoms with Gasteiger partial charge in [0.05, 0.1) is 10.2 Å². The Kier molecular flexibility index (Phi) is 9.55. The first-order valence-electron chi connectivity index (χ1n) is 9.63. The van der Waals surface area contributed by atoms with Crippen LogP contribution in [0.1, 0.15) is 18.4 Å². The van der Waals surface area contributed by atoms with E-state index in [9.17, 15) is 9.18 Å². The van der Waals surface area contributed by atoms with Gasteiger partial charge in [0.15, 0.2) is 5.13 Å². The van der Waals surface area contributed by atoms with Gasteiger partial charge in [-0.1, -0.05) is 29.0 Å². The van der Waals surface area contributed by atoms with E-state index in [0.29, 0.717) is 23.8 Å². The second kappa shape index (κ2) is 11.6. The van der Waals surface area contributed by atoms with Crippen LogP contribution < -0.4 is 4.90 Å². The minimum absolute atomic E-state index is 0. The number of thioether (sulfide) groups is 1. The smallest absolute Gasteiger partial charge is 0.229 e. The largest absolute Gasteiger partial charge is 0.309 e. The number of halogens is 2. The third-order valence-electron chi connectivity index (χ3n) is 4.46. The van der Waals surface area contributed by atoms with Crippen molar-refractivity contribution < 1.29 is 9.18 Å². The molecule has 1 heterocycles. The van der Waals surface area contributed by atoms with Gasteiger partial charge in [-0.3, -0.25) is 9.69 Å². The van der Waals surface area contributed by atoms with Crippen molar-refractivity contribution in [3.05, 3.63) is 53.8 Å². The van der Waals surface area contributed by atoms with Crippen LogP contribution in [0.25, 0.3) is 10.2 Å². The van der Waals surface area contributed by atoms with E-state index in [2.05, 4.69) is 41.1 Å². The minimum Gasteiger partial charge on any atom is -0.309 e. The van der Waals surface area contributed by atoms with Gasteiger partial charge in [0.25, 0.3) is 0 Å². The number of fused-ring (bicyclic) bond motifs is 1. The Hall–Kier alpha value is -1.67. The maximum atomic E-state index is 13.5. The highest BCUT2D eigenvalue weighted by Gasteiger charge is 2.19. The summed E-state index contributed by atoms with van der Waals surface area (Å²) in [6.07, 6.45) is 1.29. The van der Waals surface area contributed by atoms with Gasteiger partial charge in [-0.25, -0.2) is 9.37 Å². The van der Waals surface area contributed by atoms with Gasteiger partial charge < -0.3 is 4.90 Å². The maximum absolute atomic E-state index is 13.5. The molecule has 0 saturated carbocycles. The van der Waals surface area contributed by atoms with Crippen molar-refractivity contribution in [2.24, 2.45) is 0 Å². The number of carbonyl (C=O) groups excluding carboxylic acids is 1. The van der Waals surface area contributed by atoms with Gasteiger partial charge in [-0.2, -0.15) is 0 Å². The Morgan fingerprint density at radius 3 is 2.57 bits per heavy atom. The van der Waals surface area contributed by atoms with Gasteiger partial charge in [-0.05, 0) is 64.3 Å². The van der Waals surface area contributed by atoms with Crippen LogP contribution in [0.4, 0.5) is 9.52 Å². The molecule has 0 aliphatic rings. The summed E-state index contributed by atoms with van der Waals surface area (Å²) >= 11 is 3.06. The molecule has 0 unspecified atom stereocenters. The van der Waals surface area contributed by atoms with Gasteiger partial charge in [-0.15, -0.1) is 24.2 Å². The van der Waals surface area contributed by atoms with Crippen molar-refractivity contribution in [1.29, 1.82) is 0 Å². The highest BCUT2D eigenvalue weighted by Crippen LogP contribution is 2.30. The van der Waals surface area contributed by atoms with E-state index in [-0.39, 0.29) is 24.1 Å². The lowest BCUT2D eigenvalue weighted by Gasteiger charge is -2.21. The quantitative estimate of drug-likeness (QED) is 0.382. The van der Waals surface area contributed by atoms with Crippen LogP contribution in [0.2, 0.25) is 0 Å². The number of benzene rings is 2. The Morgan fingerprint density at radius 2 is 1.87 bits per heavy atom. The standard InChI is InChI=1S/C22H26FN3OS2.ClH/c1-16-5-8-18(9-6-16)28-14-11-21(27)26(13-4-12-25(2)3)22-24-19-10-7-17(23)15-20(19)29-22;/h5-10,15H,4,11-14H2,1-3H3;1H. The van der Waals surface area contributed by atoms with Crippen LogP contribution in [-0.2, 0) is 4.79 Å². The van der Waals surface area contributed by atoms with Crippen LogP contribution in [0.5, 0.6) is 0 Å². The average Bonchev–Trinajstić information content (AvgIpc) is 3.09. The highest BCUT2D eigenvalue weighted by atomic mass is 35.5. The molecular weight excluding hydrogens is 441 g/mol. The third-order valence-corrected chi connectivity index (χ3v) is 6.52. The molecule has 0 spiro atoms. The van der Waals surface area contributed by atoms with Crippen molar-refractivity contribution in [3.63, 3.8) is 0 Å². The van der Waals surface area contributed by atoms with Gasteiger partial charge in [0.1, 0.15) is 5.82 Å². The molecule has 162 valence electrons. The van der Waals surface area contributed by atoms with Crippen LogP contribution >= 0.6 is 35.5 Å². The lowest BCUT2D eigenvalue weighted by Crippen LogP contribution is -2.33. The van der Waals surface area contributed by atoms with Crippen LogP contribution in [-0.4, -0.2) is 48.7 Å². The van der Waals surface area contributed by atoms with Crippen molar-refractivity contribution >= 4 is 56.8 Å². The molecule has 1 amide bonds. The minimum atomic E-state index is -0.285. The maximum Gasteiger partial charge on any atom is 0.229 e. The summed E-state index contributed by atoms with van der Waals surface area (Å²) in [6.45, 7) is 3.56. The molecule has 0 bridgehead atoms. The number of nitrogens with zero attached hydrogens (tertiary/aromatic N) is 3. The fourth-order valence-corrected chi connectivity index (χ4v) is 4.77. The normalized spacial score (nSPS) is 11.0. The van der Waals surface area contributed by atoms with Crippen molar-refractivity contribution in [2.45, 2.75) is 24.7 Å². The number of hydrogen-bond acceptors (Lipinski definition) is 5. The van der Waals surface area contributed by atoms with E-state index in [1.165, 1.54) is 29.0 Å². The summed E-state index contributed by atoms with van der Waals surface area (Å²) in [4.78, 5) is 22.6. The molecule has 30 heavy (non-hydrogen) atoms. The fourth-order valence-electron chi connectivity index (χ4n) is 2.90. The molecule has 4 nitrogen and oxygen atoms in total. The summed E-state index contributed by atoms with van der Waals surface area (Å²) in [7, 11) is 4.04. The number of rotatable bonds is 9. The predicted molar refractivity (Wildman–Crippen MR) is 129 cm³/mol. The number of anilines is 1. The molecule has 0 N–H and O–H groups in total. The van der Waals surface area contributed by atoms with E-state index in [1.807, 2.05) is 14.1 Å². The second-order valence-electron chi connectivity index (χ2n) is 7.22. The van der Waals surface area contributed by atoms with E-state index in [1.54, 1.807) is 22.7 Å². The molecule has 1 aromatic heterocycles. The number of amides is 1. The number of carbonyl (C=O) groups is 1. The Labute approximate surface area is 191 Å². The summed E-state index contributed by atoms with van der Waals surface area (Å²) in [5.74, 6) is 0.488. The summed E-state index contributed by atoms with van der Waals surface area (Å²) in [5.41, 5.74) is 1.95. The molecular formula is C22H27ClFN3OS2. The molecule has 0 fully saturated rings. The van der Waals surface area contributed by atoms with Crippen LogP contribution in [0.15, 0.2) is 47.4 Å². The molecule has 0 radical (unpaired) electrons. The second-order valence-corrected chi connectivity index (χ2v) is 9.40. The third kappa shape index (κ3) is 6.94. The lowest BCUT2D eigenvalue weighted by molar-refractivity contribution is -0.118. The number of hydrogen-bond donors (Lipinski definition) is 0. The molecule has 0 aliphatic carbocycles. The molecule has 8 heteroatoms. The number of aryl methyl sites for hydroxylation is 1. The van der Waals surface area contributed by atoms with Crippen molar-refractivity contribution in [1.82, 2.24) is 9.88 Å². The van der Waals surface area contributed by atoms with E-state index in [0.717, 1.165) is 28.1 Å².